The Balaban J connectivity index is 2.17. The van der Waals surface area contributed by atoms with Gasteiger partial charge in [0.1, 0.15) is 11.9 Å². The lowest BCUT2D eigenvalue weighted by Crippen LogP contribution is -2.34. The summed E-state index contributed by atoms with van der Waals surface area (Å²) in [5, 5.41) is 0. The van der Waals surface area contributed by atoms with Gasteiger partial charge in [0.15, 0.2) is 5.90 Å². The van der Waals surface area contributed by atoms with E-state index in [0.29, 0.717) is 5.92 Å². The molecule has 1 aliphatic carbocycles. The molecule has 1 aromatic rings. The molecule has 0 aromatic heterocycles. The molecule has 0 radical (unpaired) electrons. The fourth-order valence-electron chi connectivity index (χ4n) is 3.28. The van der Waals surface area contributed by atoms with E-state index >= 15 is 0 Å². The zero-order chi connectivity index (χ0) is 12.9. The number of nitrogens with zero attached hydrogens (tertiary/aromatic N) is 1. The number of aliphatic imine (C=N–C) groups is 1. The third kappa shape index (κ3) is 1.49. The van der Waals surface area contributed by atoms with Gasteiger partial charge in [-0.2, -0.15) is 0 Å². The lowest BCUT2D eigenvalue weighted by atomic mass is 9.80. The highest BCUT2D eigenvalue weighted by atomic mass is 19.1. The average molecular weight is 247 g/mol. The SMILES string of the molecule is CC[C@]1(c2cccc(F)c2C)N=C(C)O[C@@H]2CC21. The molecule has 1 aromatic carbocycles. The number of hydrogen-bond acceptors (Lipinski definition) is 2. The van der Waals surface area contributed by atoms with Crippen LogP contribution in [-0.2, 0) is 10.3 Å². The Morgan fingerprint density at radius 1 is 1.44 bits per heavy atom. The van der Waals surface area contributed by atoms with E-state index in [1.807, 2.05) is 19.9 Å². The topological polar surface area (TPSA) is 21.6 Å². The summed E-state index contributed by atoms with van der Waals surface area (Å²) in [5.74, 6) is 1.00. The molecule has 0 spiro atoms. The first kappa shape index (κ1) is 11.7. The van der Waals surface area contributed by atoms with Gasteiger partial charge in [0.25, 0.3) is 0 Å². The number of rotatable bonds is 2. The Hall–Kier alpha value is -1.38. The van der Waals surface area contributed by atoms with Crippen molar-refractivity contribution in [1.29, 1.82) is 0 Å². The van der Waals surface area contributed by atoms with Crippen LogP contribution < -0.4 is 0 Å². The molecular weight excluding hydrogens is 229 g/mol. The van der Waals surface area contributed by atoms with Crippen LogP contribution in [0.3, 0.4) is 0 Å². The first-order valence-corrected chi connectivity index (χ1v) is 6.57. The van der Waals surface area contributed by atoms with Gasteiger partial charge >= 0.3 is 0 Å². The monoisotopic (exact) mass is 247 g/mol. The Kier molecular flexibility index (Phi) is 2.47. The van der Waals surface area contributed by atoms with Crippen LogP contribution in [0.15, 0.2) is 23.2 Å². The van der Waals surface area contributed by atoms with Crippen molar-refractivity contribution >= 4 is 5.90 Å². The van der Waals surface area contributed by atoms with Crippen molar-refractivity contribution in [1.82, 2.24) is 0 Å². The molecule has 3 atom stereocenters. The van der Waals surface area contributed by atoms with E-state index in [0.717, 1.165) is 29.9 Å². The molecule has 0 saturated heterocycles. The zero-order valence-corrected chi connectivity index (χ0v) is 11.0. The van der Waals surface area contributed by atoms with Crippen molar-refractivity contribution in [3.05, 3.63) is 35.1 Å². The second kappa shape index (κ2) is 3.81. The van der Waals surface area contributed by atoms with Crippen LogP contribution in [0.25, 0.3) is 0 Å². The van der Waals surface area contributed by atoms with Gasteiger partial charge in [-0.05, 0) is 37.0 Å². The first-order chi connectivity index (χ1) is 8.58. The van der Waals surface area contributed by atoms with Crippen molar-refractivity contribution in [3.8, 4) is 0 Å². The molecule has 0 N–H and O–H groups in total. The van der Waals surface area contributed by atoms with Crippen LogP contribution in [-0.4, -0.2) is 12.0 Å². The highest BCUT2D eigenvalue weighted by Gasteiger charge is 2.57. The number of halogens is 1. The van der Waals surface area contributed by atoms with Gasteiger partial charge < -0.3 is 4.74 Å². The minimum Gasteiger partial charge on any atom is -0.478 e. The summed E-state index contributed by atoms with van der Waals surface area (Å²) < 4.78 is 19.5. The molecule has 2 nitrogen and oxygen atoms in total. The Bertz CT molecular complexity index is 525. The average Bonchev–Trinajstić information content (AvgIpc) is 3.11. The first-order valence-electron chi connectivity index (χ1n) is 6.57. The molecule has 0 bridgehead atoms. The summed E-state index contributed by atoms with van der Waals surface area (Å²) in [6.45, 7) is 5.87. The Morgan fingerprint density at radius 3 is 2.94 bits per heavy atom. The summed E-state index contributed by atoms with van der Waals surface area (Å²) in [6.07, 6.45) is 2.20. The van der Waals surface area contributed by atoms with Gasteiger partial charge in [-0.25, -0.2) is 9.38 Å². The quantitative estimate of drug-likeness (QED) is 0.782. The highest BCUT2D eigenvalue weighted by molar-refractivity contribution is 5.75. The molecule has 1 heterocycles. The third-order valence-corrected chi connectivity index (χ3v) is 4.30. The summed E-state index contributed by atoms with van der Waals surface area (Å²) >= 11 is 0. The Labute approximate surface area is 107 Å². The van der Waals surface area contributed by atoms with Crippen LogP contribution in [0.5, 0.6) is 0 Å². The van der Waals surface area contributed by atoms with E-state index in [-0.39, 0.29) is 17.5 Å². The van der Waals surface area contributed by atoms with E-state index in [4.69, 9.17) is 9.73 Å². The van der Waals surface area contributed by atoms with E-state index in [9.17, 15) is 4.39 Å². The summed E-state index contributed by atoms with van der Waals surface area (Å²) in [5.41, 5.74) is 1.47. The minimum absolute atomic E-state index is 0.142. The normalized spacial score (nSPS) is 33.4. The maximum Gasteiger partial charge on any atom is 0.181 e. The maximum atomic E-state index is 13.8. The van der Waals surface area contributed by atoms with Crippen molar-refractivity contribution in [3.63, 3.8) is 0 Å². The molecule has 1 aliphatic heterocycles. The Morgan fingerprint density at radius 2 is 2.22 bits per heavy atom. The molecular formula is C15H18FNO. The third-order valence-electron chi connectivity index (χ3n) is 4.30. The van der Waals surface area contributed by atoms with Crippen LogP contribution in [0.4, 0.5) is 4.39 Å². The molecule has 18 heavy (non-hydrogen) atoms. The smallest absolute Gasteiger partial charge is 0.181 e. The number of ether oxygens (including phenoxy) is 1. The summed E-state index contributed by atoms with van der Waals surface area (Å²) in [7, 11) is 0. The highest BCUT2D eigenvalue weighted by Crippen LogP contribution is 2.55. The fourth-order valence-corrected chi connectivity index (χ4v) is 3.28. The molecule has 1 unspecified atom stereocenters. The van der Waals surface area contributed by atoms with Gasteiger partial charge in [-0.15, -0.1) is 0 Å². The van der Waals surface area contributed by atoms with Crippen molar-refractivity contribution in [2.45, 2.75) is 45.3 Å². The molecule has 1 fully saturated rings. The van der Waals surface area contributed by atoms with Crippen LogP contribution in [0.1, 0.15) is 37.8 Å². The molecule has 3 rings (SSSR count). The van der Waals surface area contributed by atoms with Crippen molar-refractivity contribution in [2.75, 3.05) is 0 Å². The number of hydrogen-bond donors (Lipinski definition) is 0. The second-order valence-corrected chi connectivity index (χ2v) is 5.32. The predicted molar refractivity (Wildman–Crippen MR) is 69.2 cm³/mol. The molecule has 0 amide bonds. The van der Waals surface area contributed by atoms with Gasteiger partial charge in [0.2, 0.25) is 0 Å². The molecule has 3 heteroatoms. The number of fused-ring (bicyclic) bond motifs is 1. The van der Waals surface area contributed by atoms with Crippen molar-refractivity contribution < 1.29 is 9.13 Å². The molecule has 2 aliphatic rings. The fraction of sp³-hybridized carbons (Fsp3) is 0.533. The summed E-state index contributed by atoms with van der Waals surface area (Å²) in [4.78, 5) is 4.75. The minimum atomic E-state index is -0.279. The van der Waals surface area contributed by atoms with E-state index in [1.165, 1.54) is 6.07 Å². The van der Waals surface area contributed by atoms with E-state index in [1.54, 1.807) is 6.07 Å². The lowest BCUT2D eigenvalue weighted by molar-refractivity contribution is 0.193. The van der Waals surface area contributed by atoms with Crippen molar-refractivity contribution in [2.24, 2.45) is 10.9 Å². The molecule has 96 valence electrons. The van der Waals surface area contributed by atoms with Crippen LogP contribution >= 0.6 is 0 Å². The van der Waals surface area contributed by atoms with Gasteiger partial charge in [-0.3, -0.25) is 0 Å². The predicted octanol–water partition coefficient (Wildman–Crippen LogP) is 3.58. The van der Waals surface area contributed by atoms with Gasteiger partial charge in [0, 0.05) is 12.8 Å². The van der Waals surface area contributed by atoms with Crippen LogP contribution in [0, 0.1) is 18.7 Å². The standard InChI is InChI=1S/C15H18FNO/c1-4-15(11-6-5-7-13(16)9(11)2)12-8-14(12)18-10(3)17-15/h5-7,12,14H,4,8H2,1-3H3/t12?,14-,15-/m1/s1. The largest absolute Gasteiger partial charge is 0.478 e. The number of benzene rings is 1. The summed E-state index contributed by atoms with van der Waals surface area (Å²) in [6, 6.07) is 5.31. The van der Waals surface area contributed by atoms with Crippen LogP contribution in [0.2, 0.25) is 0 Å². The van der Waals surface area contributed by atoms with Gasteiger partial charge in [0.05, 0.1) is 5.54 Å². The lowest BCUT2D eigenvalue weighted by Gasteiger charge is -2.34. The van der Waals surface area contributed by atoms with Gasteiger partial charge in [-0.1, -0.05) is 19.1 Å². The van der Waals surface area contributed by atoms with E-state index < -0.39 is 0 Å². The van der Waals surface area contributed by atoms with E-state index in [2.05, 4.69) is 6.92 Å². The second-order valence-electron chi connectivity index (χ2n) is 5.32. The maximum absolute atomic E-state index is 13.8. The molecule has 1 saturated carbocycles. The zero-order valence-electron chi connectivity index (χ0n) is 11.0.